The highest BCUT2D eigenvalue weighted by Crippen LogP contribution is 2.10. The number of nitrogens with zero attached hydrogens (tertiary/aromatic N) is 1. The minimum absolute atomic E-state index is 0.307. The number of hydrazone groups is 1. The van der Waals surface area contributed by atoms with Gasteiger partial charge in [-0.05, 0) is 49.4 Å². The van der Waals surface area contributed by atoms with Gasteiger partial charge >= 0.3 is 0 Å². The molecule has 20 heavy (non-hydrogen) atoms. The molecule has 102 valence electrons. The van der Waals surface area contributed by atoms with E-state index in [0.717, 1.165) is 5.76 Å². The number of carbonyl (C=O) groups excluding carboxylic acids is 1. The van der Waals surface area contributed by atoms with Crippen LogP contribution in [0.2, 0.25) is 5.02 Å². The van der Waals surface area contributed by atoms with Gasteiger partial charge in [-0.1, -0.05) is 17.7 Å². The summed E-state index contributed by atoms with van der Waals surface area (Å²) in [5.74, 6) is 0.416. The molecule has 2 aromatic rings. The zero-order valence-corrected chi connectivity index (χ0v) is 11.6. The fourth-order valence-electron chi connectivity index (χ4n) is 1.46. The minimum atomic E-state index is -0.307. The molecule has 2 rings (SSSR count). The van der Waals surface area contributed by atoms with E-state index in [-0.39, 0.29) is 5.91 Å². The van der Waals surface area contributed by atoms with Crippen LogP contribution in [0, 0.1) is 0 Å². The maximum atomic E-state index is 11.8. The first-order valence-corrected chi connectivity index (χ1v) is 6.35. The van der Waals surface area contributed by atoms with Crippen molar-refractivity contribution in [2.75, 3.05) is 0 Å². The van der Waals surface area contributed by atoms with Crippen LogP contribution in [-0.2, 0) is 0 Å². The molecule has 4 nitrogen and oxygen atoms in total. The Hall–Kier alpha value is -2.33. The van der Waals surface area contributed by atoms with Gasteiger partial charge in [0.2, 0.25) is 0 Å². The molecule has 0 saturated carbocycles. The van der Waals surface area contributed by atoms with Gasteiger partial charge in [-0.3, -0.25) is 4.79 Å². The normalized spacial score (nSPS) is 11.8. The largest absolute Gasteiger partial charge is 0.465 e. The second-order valence-electron chi connectivity index (χ2n) is 4.05. The molecule has 0 spiro atoms. The smallest absolute Gasteiger partial charge is 0.271 e. The quantitative estimate of drug-likeness (QED) is 0.688. The SMILES string of the molecule is CC(/C=C/c1ccco1)=NNC(=O)c1cccc(Cl)c1. The van der Waals surface area contributed by atoms with E-state index in [1.807, 2.05) is 6.07 Å². The van der Waals surface area contributed by atoms with Crippen molar-refractivity contribution in [1.82, 2.24) is 5.43 Å². The number of benzene rings is 1. The summed E-state index contributed by atoms with van der Waals surface area (Å²) in [5, 5.41) is 4.49. The predicted molar refractivity (Wildman–Crippen MR) is 79.8 cm³/mol. The summed E-state index contributed by atoms with van der Waals surface area (Å²) in [6, 6.07) is 10.3. The molecule has 1 amide bonds. The lowest BCUT2D eigenvalue weighted by molar-refractivity contribution is 0.0955. The molecule has 1 N–H and O–H groups in total. The number of allylic oxidation sites excluding steroid dienone is 1. The van der Waals surface area contributed by atoms with E-state index in [1.54, 1.807) is 55.7 Å². The predicted octanol–water partition coefficient (Wildman–Crippen LogP) is 3.75. The molecule has 1 heterocycles. The van der Waals surface area contributed by atoms with Crippen molar-refractivity contribution in [3.05, 3.63) is 65.1 Å². The molecule has 1 aromatic heterocycles. The van der Waals surface area contributed by atoms with Crippen LogP contribution >= 0.6 is 11.6 Å². The Morgan fingerprint density at radius 2 is 2.20 bits per heavy atom. The highest BCUT2D eigenvalue weighted by atomic mass is 35.5. The Balaban J connectivity index is 1.96. The zero-order valence-electron chi connectivity index (χ0n) is 10.8. The number of hydrogen-bond donors (Lipinski definition) is 1. The maximum absolute atomic E-state index is 11.8. The molecule has 0 aliphatic carbocycles. The van der Waals surface area contributed by atoms with Crippen LogP contribution in [0.1, 0.15) is 23.0 Å². The van der Waals surface area contributed by atoms with Gasteiger partial charge in [0, 0.05) is 10.6 Å². The van der Waals surface area contributed by atoms with Crippen LogP contribution in [0.5, 0.6) is 0 Å². The van der Waals surface area contributed by atoms with E-state index in [2.05, 4.69) is 10.5 Å². The van der Waals surface area contributed by atoms with Crippen LogP contribution in [0.25, 0.3) is 6.08 Å². The monoisotopic (exact) mass is 288 g/mol. The molecule has 0 radical (unpaired) electrons. The summed E-state index contributed by atoms with van der Waals surface area (Å²) in [6.07, 6.45) is 5.11. The van der Waals surface area contributed by atoms with E-state index >= 15 is 0 Å². The number of rotatable bonds is 4. The number of carbonyl (C=O) groups is 1. The van der Waals surface area contributed by atoms with Crippen LogP contribution in [0.4, 0.5) is 0 Å². The Kier molecular flexibility index (Phi) is 4.74. The van der Waals surface area contributed by atoms with E-state index < -0.39 is 0 Å². The lowest BCUT2D eigenvalue weighted by Gasteiger charge is -2.00. The molecule has 0 fully saturated rings. The summed E-state index contributed by atoms with van der Waals surface area (Å²) in [4.78, 5) is 11.8. The standard InChI is InChI=1S/C15H13ClN2O2/c1-11(7-8-14-6-3-9-20-14)17-18-15(19)12-4-2-5-13(16)10-12/h2-10H,1H3,(H,18,19)/b8-7+,17-11?. The van der Waals surface area contributed by atoms with Crippen LogP contribution < -0.4 is 5.43 Å². The molecular weight excluding hydrogens is 276 g/mol. The number of nitrogens with one attached hydrogen (secondary N) is 1. The summed E-state index contributed by atoms with van der Waals surface area (Å²) in [5.41, 5.74) is 3.58. The summed E-state index contributed by atoms with van der Waals surface area (Å²) >= 11 is 5.82. The minimum Gasteiger partial charge on any atom is -0.465 e. The number of furan rings is 1. The molecule has 0 aliphatic heterocycles. The first-order chi connectivity index (χ1) is 9.65. The van der Waals surface area contributed by atoms with Crippen molar-refractivity contribution in [2.45, 2.75) is 6.92 Å². The average Bonchev–Trinajstić information content (AvgIpc) is 2.95. The first-order valence-electron chi connectivity index (χ1n) is 5.97. The lowest BCUT2D eigenvalue weighted by Crippen LogP contribution is -2.18. The molecule has 0 unspecified atom stereocenters. The number of halogens is 1. The Labute approximate surface area is 121 Å². The highest BCUT2D eigenvalue weighted by Gasteiger charge is 2.04. The summed E-state index contributed by atoms with van der Waals surface area (Å²) < 4.78 is 5.15. The zero-order chi connectivity index (χ0) is 14.4. The fraction of sp³-hybridized carbons (Fsp3) is 0.0667. The Morgan fingerprint density at radius 3 is 2.90 bits per heavy atom. The average molecular weight is 289 g/mol. The molecule has 1 aromatic carbocycles. The third-order valence-electron chi connectivity index (χ3n) is 2.45. The van der Waals surface area contributed by atoms with Crippen LogP contribution in [-0.4, -0.2) is 11.6 Å². The van der Waals surface area contributed by atoms with Crippen molar-refractivity contribution in [3.8, 4) is 0 Å². The van der Waals surface area contributed by atoms with Crippen molar-refractivity contribution in [1.29, 1.82) is 0 Å². The second kappa shape index (κ2) is 6.73. The van der Waals surface area contributed by atoms with Crippen LogP contribution in [0.15, 0.2) is 58.3 Å². The van der Waals surface area contributed by atoms with Gasteiger partial charge in [-0.15, -0.1) is 0 Å². The molecule has 5 heteroatoms. The number of hydrogen-bond acceptors (Lipinski definition) is 3. The molecule has 0 atom stereocenters. The van der Waals surface area contributed by atoms with E-state index in [9.17, 15) is 4.79 Å². The van der Waals surface area contributed by atoms with Gasteiger partial charge in [0.15, 0.2) is 0 Å². The second-order valence-corrected chi connectivity index (χ2v) is 4.49. The van der Waals surface area contributed by atoms with Crippen molar-refractivity contribution < 1.29 is 9.21 Å². The van der Waals surface area contributed by atoms with Crippen molar-refractivity contribution >= 4 is 29.3 Å². The number of amides is 1. The van der Waals surface area contributed by atoms with Gasteiger partial charge < -0.3 is 4.42 Å². The third-order valence-corrected chi connectivity index (χ3v) is 2.69. The molecule has 0 aliphatic rings. The summed E-state index contributed by atoms with van der Waals surface area (Å²) in [6.45, 7) is 1.78. The summed E-state index contributed by atoms with van der Waals surface area (Å²) in [7, 11) is 0. The topological polar surface area (TPSA) is 54.6 Å². The van der Waals surface area contributed by atoms with Gasteiger partial charge in [-0.25, -0.2) is 5.43 Å². The van der Waals surface area contributed by atoms with E-state index in [0.29, 0.717) is 16.3 Å². The molecule has 0 bridgehead atoms. The maximum Gasteiger partial charge on any atom is 0.271 e. The van der Waals surface area contributed by atoms with Crippen molar-refractivity contribution in [2.24, 2.45) is 5.10 Å². The lowest BCUT2D eigenvalue weighted by atomic mass is 10.2. The Bertz CT molecular complexity index is 646. The Morgan fingerprint density at radius 1 is 1.35 bits per heavy atom. The highest BCUT2D eigenvalue weighted by molar-refractivity contribution is 6.30. The van der Waals surface area contributed by atoms with E-state index in [4.69, 9.17) is 16.0 Å². The molecular formula is C15H13ClN2O2. The molecule has 0 saturated heterocycles. The van der Waals surface area contributed by atoms with Gasteiger partial charge in [0.25, 0.3) is 5.91 Å². The van der Waals surface area contributed by atoms with Crippen molar-refractivity contribution in [3.63, 3.8) is 0 Å². The van der Waals surface area contributed by atoms with Gasteiger partial charge in [0.05, 0.1) is 12.0 Å². The van der Waals surface area contributed by atoms with E-state index in [1.165, 1.54) is 0 Å². The first kappa shape index (κ1) is 14.1. The van der Waals surface area contributed by atoms with Gasteiger partial charge in [-0.2, -0.15) is 5.10 Å². The van der Waals surface area contributed by atoms with Crippen LogP contribution in [0.3, 0.4) is 0 Å². The fourth-order valence-corrected chi connectivity index (χ4v) is 1.65. The van der Waals surface area contributed by atoms with Gasteiger partial charge in [0.1, 0.15) is 5.76 Å². The third kappa shape index (κ3) is 4.10.